The van der Waals surface area contributed by atoms with Crippen molar-refractivity contribution < 1.29 is 4.74 Å². The SMILES string of the molecule is COc1ccc2[nH]c3nc(NCc4ccccc4C)nnc3c2c1. The predicted molar refractivity (Wildman–Crippen MR) is 94.2 cm³/mol. The zero-order valence-electron chi connectivity index (χ0n) is 13.5. The highest BCUT2D eigenvalue weighted by Crippen LogP contribution is 2.26. The number of aryl methyl sites for hydroxylation is 1. The maximum Gasteiger partial charge on any atom is 0.245 e. The maximum absolute atomic E-state index is 5.27. The summed E-state index contributed by atoms with van der Waals surface area (Å²) < 4.78 is 5.27. The van der Waals surface area contributed by atoms with Gasteiger partial charge in [0, 0.05) is 17.4 Å². The van der Waals surface area contributed by atoms with Crippen molar-refractivity contribution in [2.24, 2.45) is 0 Å². The van der Waals surface area contributed by atoms with E-state index in [0.717, 1.165) is 22.2 Å². The zero-order chi connectivity index (χ0) is 16.5. The zero-order valence-corrected chi connectivity index (χ0v) is 13.5. The molecule has 0 unspecified atom stereocenters. The lowest BCUT2D eigenvalue weighted by Crippen LogP contribution is -2.05. The van der Waals surface area contributed by atoms with Crippen LogP contribution in [0.4, 0.5) is 5.95 Å². The molecule has 0 saturated carbocycles. The van der Waals surface area contributed by atoms with Gasteiger partial charge in [0.15, 0.2) is 5.65 Å². The smallest absolute Gasteiger partial charge is 0.245 e. The topological polar surface area (TPSA) is 75.7 Å². The Balaban J connectivity index is 1.66. The minimum absolute atomic E-state index is 0.504. The molecular formula is C18H17N5O. The lowest BCUT2D eigenvalue weighted by Gasteiger charge is -2.06. The first-order chi connectivity index (χ1) is 11.7. The van der Waals surface area contributed by atoms with Gasteiger partial charge in [-0.15, -0.1) is 10.2 Å². The first kappa shape index (κ1) is 14.4. The van der Waals surface area contributed by atoms with E-state index in [2.05, 4.69) is 44.5 Å². The van der Waals surface area contributed by atoms with E-state index in [1.54, 1.807) is 7.11 Å². The number of ether oxygens (including phenoxy) is 1. The number of hydrogen-bond donors (Lipinski definition) is 2. The number of H-pyrrole nitrogens is 1. The number of nitrogens with zero attached hydrogens (tertiary/aromatic N) is 3. The van der Waals surface area contributed by atoms with Crippen molar-refractivity contribution in [2.75, 3.05) is 12.4 Å². The first-order valence-corrected chi connectivity index (χ1v) is 7.73. The van der Waals surface area contributed by atoms with Gasteiger partial charge in [-0.05, 0) is 36.2 Å². The van der Waals surface area contributed by atoms with Crippen LogP contribution in [-0.4, -0.2) is 27.3 Å². The van der Waals surface area contributed by atoms with Crippen LogP contribution in [0.5, 0.6) is 5.75 Å². The van der Waals surface area contributed by atoms with Crippen LogP contribution in [0.2, 0.25) is 0 Å². The third kappa shape index (κ3) is 2.52. The molecule has 0 radical (unpaired) electrons. The number of rotatable bonds is 4. The van der Waals surface area contributed by atoms with Crippen molar-refractivity contribution >= 4 is 28.0 Å². The molecule has 0 aliphatic carbocycles. The van der Waals surface area contributed by atoms with Gasteiger partial charge in [0.2, 0.25) is 5.95 Å². The van der Waals surface area contributed by atoms with Crippen LogP contribution < -0.4 is 10.1 Å². The van der Waals surface area contributed by atoms with Gasteiger partial charge < -0.3 is 15.0 Å². The number of hydrogen-bond acceptors (Lipinski definition) is 5. The monoisotopic (exact) mass is 319 g/mol. The molecule has 24 heavy (non-hydrogen) atoms. The largest absolute Gasteiger partial charge is 0.497 e. The second-order valence-electron chi connectivity index (χ2n) is 5.65. The standard InChI is InChI=1S/C18H17N5O/c1-11-5-3-4-6-12(11)10-19-18-21-17-16(22-23-18)14-9-13(24-2)7-8-15(14)20-17/h3-9H,10H2,1-2H3,(H2,19,20,21,23). The molecule has 120 valence electrons. The molecule has 0 saturated heterocycles. The van der Waals surface area contributed by atoms with Crippen LogP contribution in [0.25, 0.3) is 22.1 Å². The molecule has 4 rings (SSSR count). The third-order valence-electron chi connectivity index (χ3n) is 4.12. The van der Waals surface area contributed by atoms with E-state index < -0.39 is 0 Å². The van der Waals surface area contributed by atoms with Crippen LogP contribution in [0.1, 0.15) is 11.1 Å². The fourth-order valence-corrected chi connectivity index (χ4v) is 2.73. The van der Waals surface area contributed by atoms with Crippen molar-refractivity contribution in [3.63, 3.8) is 0 Å². The number of benzene rings is 2. The number of aromatic amines is 1. The maximum atomic E-state index is 5.27. The molecule has 0 bridgehead atoms. The van der Waals surface area contributed by atoms with Crippen LogP contribution in [0, 0.1) is 6.92 Å². The van der Waals surface area contributed by atoms with Crippen molar-refractivity contribution in [3.05, 3.63) is 53.6 Å². The fourth-order valence-electron chi connectivity index (χ4n) is 2.73. The molecule has 4 aromatic rings. The fraction of sp³-hybridized carbons (Fsp3) is 0.167. The average Bonchev–Trinajstić information content (AvgIpc) is 2.97. The minimum atomic E-state index is 0.504. The van der Waals surface area contributed by atoms with E-state index in [1.165, 1.54) is 11.1 Å². The summed E-state index contributed by atoms with van der Waals surface area (Å²) in [6.45, 7) is 2.75. The summed E-state index contributed by atoms with van der Waals surface area (Å²) in [5.74, 6) is 1.29. The van der Waals surface area contributed by atoms with Gasteiger partial charge in [-0.25, -0.2) is 0 Å². The molecule has 0 atom stereocenters. The van der Waals surface area contributed by atoms with Crippen LogP contribution >= 0.6 is 0 Å². The van der Waals surface area contributed by atoms with Crippen LogP contribution in [0.3, 0.4) is 0 Å². The Morgan fingerprint density at radius 2 is 2.00 bits per heavy atom. The lowest BCUT2D eigenvalue weighted by molar-refractivity contribution is 0.415. The average molecular weight is 319 g/mol. The summed E-state index contributed by atoms with van der Waals surface area (Å²) in [5, 5.41) is 12.7. The van der Waals surface area contributed by atoms with E-state index in [1.807, 2.05) is 30.3 Å². The Morgan fingerprint density at radius 1 is 1.12 bits per heavy atom. The minimum Gasteiger partial charge on any atom is -0.497 e. The predicted octanol–water partition coefficient (Wildman–Crippen LogP) is 3.44. The number of anilines is 1. The van der Waals surface area contributed by atoms with E-state index >= 15 is 0 Å². The van der Waals surface area contributed by atoms with Gasteiger partial charge in [-0.2, -0.15) is 4.98 Å². The molecule has 0 aliphatic rings. The van der Waals surface area contributed by atoms with E-state index in [-0.39, 0.29) is 0 Å². The van der Waals surface area contributed by atoms with E-state index in [4.69, 9.17) is 4.74 Å². The van der Waals surface area contributed by atoms with Crippen molar-refractivity contribution in [1.29, 1.82) is 0 Å². The number of methoxy groups -OCH3 is 1. The molecule has 0 fully saturated rings. The van der Waals surface area contributed by atoms with Crippen LogP contribution in [0.15, 0.2) is 42.5 Å². The van der Waals surface area contributed by atoms with Gasteiger partial charge in [0.05, 0.1) is 7.11 Å². The first-order valence-electron chi connectivity index (χ1n) is 7.73. The quantitative estimate of drug-likeness (QED) is 0.602. The Bertz CT molecular complexity index is 1020. The highest BCUT2D eigenvalue weighted by Gasteiger charge is 2.10. The number of aromatic nitrogens is 4. The second-order valence-corrected chi connectivity index (χ2v) is 5.65. The lowest BCUT2D eigenvalue weighted by atomic mass is 10.1. The molecule has 0 aliphatic heterocycles. The molecule has 2 N–H and O–H groups in total. The summed E-state index contributed by atoms with van der Waals surface area (Å²) in [5.41, 5.74) is 4.86. The Hall–Kier alpha value is -3.15. The highest BCUT2D eigenvalue weighted by atomic mass is 16.5. The summed E-state index contributed by atoms with van der Waals surface area (Å²) in [6, 6.07) is 14.0. The van der Waals surface area contributed by atoms with Gasteiger partial charge in [-0.1, -0.05) is 24.3 Å². The number of fused-ring (bicyclic) bond motifs is 3. The van der Waals surface area contributed by atoms with Gasteiger partial charge in [0.25, 0.3) is 0 Å². The summed E-state index contributed by atoms with van der Waals surface area (Å²) >= 11 is 0. The van der Waals surface area contributed by atoms with Crippen molar-refractivity contribution in [2.45, 2.75) is 13.5 Å². The van der Waals surface area contributed by atoms with Crippen molar-refractivity contribution in [1.82, 2.24) is 20.2 Å². The molecule has 0 spiro atoms. The molecule has 2 aromatic heterocycles. The molecular weight excluding hydrogens is 302 g/mol. The molecule has 2 aromatic carbocycles. The highest BCUT2D eigenvalue weighted by molar-refractivity contribution is 6.03. The molecule has 2 heterocycles. The second kappa shape index (κ2) is 5.81. The summed E-state index contributed by atoms with van der Waals surface area (Å²) in [7, 11) is 1.65. The van der Waals surface area contributed by atoms with Gasteiger partial charge >= 0.3 is 0 Å². The normalized spacial score (nSPS) is 11.1. The Morgan fingerprint density at radius 3 is 2.83 bits per heavy atom. The van der Waals surface area contributed by atoms with E-state index in [0.29, 0.717) is 18.1 Å². The third-order valence-corrected chi connectivity index (χ3v) is 4.12. The molecule has 6 nitrogen and oxygen atoms in total. The molecule has 6 heteroatoms. The summed E-state index contributed by atoms with van der Waals surface area (Å²) in [4.78, 5) is 7.80. The van der Waals surface area contributed by atoms with Crippen molar-refractivity contribution in [3.8, 4) is 5.75 Å². The molecule has 0 amide bonds. The van der Waals surface area contributed by atoms with E-state index in [9.17, 15) is 0 Å². The summed E-state index contributed by atoms with van der Waals surface area (Å²) in [6.07, 6.45) is 0. The van der Waals surface area contributed by atoms with Gasteiger partial charge in [-0.3, -0.25) is 0 Å². The number of nitrogens with one attached hydrogen (secondary N) is 2. The Kier molecular flexibility index (Phi) is 3.49. The Labute approximate surface area is 138 Å². The van der Waals surface area contributed by atoms with Crippen LogP contribution in [-0.2, 0) is 6.54 Å². The van der Waals surface area contributed by atoms with Gasteiger partial charge in [0.1, 0.15) is 11.3 Å².